The number of amides is 1. The first-order chi connectivity index (χ1) is 10.8. The molecule has 0 fully saturated rings. The van der Waals surface area contributed by atoms with Gasteiger partial charge in [0.05, 0.1) is 11.3 Å². The van der Waals surface area contributed by atoms with Crippen LogP contribution < -0.4 is 15.4 Å². The van der Waals surface area contributed by atoms with E-state index >= 15 is 0 Å². The van der Waals surface area contributed by atoms with E-state index in [1.807, 2.05) is 0 Å². The zero-order chi connectivity index (χ0) is 17.0. The summed E-state index contributed by atoms with van der Waals surface area (Å²) in [6.07, 6.45) is -4.89. The zero-order valence-corrected chi connectivity index (χ0v) is 11.9. The van der Waals surface area contributed by atoms with Crippen molar-refractivity contribution in [1.82, 2.24) is 0 Å². The van der Waals surface area contributed by atoms with Gasteiger partial charge in [-0.15, -0.1) is 13.2 Å². The SMILES string of the molecule is CNc1ccc(F)cc1C(=O)Nc1ccccc1OC(F)(F)F. The fraction of sp³-hybridized carbons (Fsp3) is 0.133. The number of nitrogens with one attached hydrogen (secondary N) is 2. The molecule has 0 unspecified atom stereocenters. The summed E-state index contributed by atoms with van der Waals surface area (Å²) in [5.74, 6) is -1.98. The fourth-order valence-corrected chi connectivity index (χ4v) is 1.90. The summed E-state index contributed by atoms with van der Waals surface area (Å²) in [6.45, 7) is 0. The smallest absolute Gasteiger partial charge is 0.404 e. The Balaban J connectivity index is 2.29. The van der Waals surface area contributed by atoms with Crippen molar-refractivity contribution in [3.8, 4) is 5.75 Å². The number of para-hydroxylation sites is 2. The Morgan fingerprint density at radius 3 is 2.43 bits per heavy atom. The molecule has 0 aliphatic rings. The number of anilines is 2. The summed E-state index contributed by atoms with van der Waals surface area (Å²) in [4.78, 5) is 12.2. The van der Waals surface area contributed by atoms with Crippen molar-refractivity contribution < 1.29 is 27.1 Å². The molecule has 8 heteroatoms. The highest BCUT2D eigenvalue weighted by Crippen LogP contribution is 2.30. The molecule has 23 heavy (non-hydrogen) atoms. The Morgan fingerprint density at radius 2 is 1.78 bits per heavy atom. The molecule has 2 rings (SSSR count). The second-order valence-corrected chi connectivity index (χ2v) is 4.44. The summed E-state index contributed by atoms with van der Waals surface area (Å²) in [6, 6.07) is 8.56. The highest BCUT2D eigenvalue weighted by Gasteiger charge is 2.32. The van der Waals surface area contributed by atoms with Crippen LogP contribution in [0, 0.1) is 5.82 Å². The molecular weight excluding hydrogens is 316 g/mol. The number of alkyl halides is 3. The van der Waals surface area contributed by atoms with Gasteiger partial charge in [0.15, 0.2) is 5.75 Å². The van der Waals surface area contributed by atoms with E-state index in [9.17, 15) is 22.4 Å². The minimum atomic E-state index is -4.89. The first-order valence-corrected chi connectivity index (χ1v) is 6.43. The van der Waals surface area contributed by atoms with Gasteiger partial charge in [-0.1, -0.05) is 12.1 Å². The standard InChI is InChI=1S/C15H12F4N2O2/c1-20-11-7-6-9(16)8-10(11)14(22)21-12-4-2-3-5-13(12)23-15(17,18)19/h2-8,20H,1H3,(H,21,22). The molecule has 0 saturated carbocycles. The molecule has 0 aliphatic heterocycles. The summed E-state index contributed by atoms with van der Waals surface area (Å²) in [5.41, 5.74) is 0.105. The second-order valence-electron chi connectivity index (χ2n) is 4.44. The van der Waals surface area contributed by atoms with E-state index in [2.05, 4.69) is 15.4 Å². The van der Waals surface area contributed by atoms with E-state index in [4.69, 9.17) is 0 Å². The number of carbonyl (C=O) groups excluding carboxylic acids is 1. The van der Waals surface area contributed by atoms with Gasteiger partial charge in [0.1, 0.15) is 5.82 Å². The molecule has 0 saturated heterocycles. The summed E-state index contributed by atoms with van der Waals surface area (Å²) in [5, 5.41) is 4.98. The normalized spacial score (nSPS) is 11.0. The van der Waals surface area contributed by atoms with Crippen molar-refractivity contribution >= 4 is 17.3 Å². The van der Waals surface area contributed by atoms with Crippen LogP contribution in [0.5, 0.6) is 5.75 Å². The Morgan fingerprint density at radius 1 is 1.09 bits per heavy atom. The van der Waals surface area contributed by atoms with Crippen molar-refractivity contribution in [2.75, 3.05) is 17.7 Å². The third-order valence-corrected chi connectivity index (χ3v) is 2.86. The van der Waals surface area contributed by atoms with Gasteiger partial charge in [-0.05, 0) is 30.3 Å². The zero-order valence-electron chi connectivity index (χ0n) is 11.9. The van der Waals surface area contributed by atoms with Gasteiger partial charge >= 0.3 is 6.36 Å². The lowest BCUT2D eigenvalue weighted by Crippen LogP contribution is -2.20. The predicted octanol–water partition coefficient (Wildman–Crippen LogP) is 4.02. The van der Waals surface area contributed by atoms with Gasteiger partial charge in [0.25, 0.3) is 5.91 Å². The van der Waals surface area contributed by atoms with Crippen LogP contribution in [0.4, 0.5) is 28.9 Å². The van der Waals surface area contributed by atoms with Crippen LogP contribution in [-0.4, -0.2) is 19.3 Å². The number of carbonyl (C=O) groups is 1. The number of benzene rings is 2. The quantitative estimate of drug-likeness (QED) is 0.834. The highest BCUT2D eigenvalue weighted by atomic mass is 19.4. The molecule has 0 heterocycles. The molecule has 0 spiro atoms. The first kappa shape index (κ1) is 16.6. The van der Waals surface area contributed by atoms with Crippen LogP contribution in [0.25, 0.3) is 0 Å². The average Bonchev–Trinajstić information content (AvgIpc) is 2.47. The molecule has 2 N–H and O–H groups in total. The Bertz CT molecular complexity index is 717. The van der Waals surface area contributed by atoms with Crippen molar-refractivity contribution in [3.63, 3.8) is 0 Å². The lowest BCUT2D eigenvalue weighted by atomic mass is 10.1. The summed E-state index contributed by atoms with van der Waals surface area (Å²) >= 11 is 0. The van der Waals surface area contributed by atoms with Gasteiger partial charge in [-0.3, -0.25) is 4.79 Å². The maximum absolute atomic E-state index is 13.3. The van der Waals surface area contributed by atoms with Crippen molar-refractivity contribution in [3.05, 3.63) is 53.8 Å². The van der Waals surface area contributed by atoms with Crippen molar-refractivity contribution in [2.24, 2.45) is 0 Å². The molecule has 0 aromatic heterocycles. The Hall–Kier alpha value is -2.77. The Kier molecular flexibility index (Phi) is 4.73. The molecule has 0 bridgehead atoms. The summed E-state index contributed by atoms with van der Waals surface area (Å²) < 4.78 is 54.2. The Labute approximate surface area is 129 Å². The number of ether oxygens (including phenoxy) is 1. The number of hydrogen-bond acceptors (Lipinski definition) is 3. The molecule has 2 aromatic carbocycles. The van der Waals surface area contributed by atoms with E-state index in [1.165, 1.54) is 31.3 Å². The van der Waals surface area contributed by atoms with Crippen molar-refractivity contribution in [1.29, 1.82) is 0 Å². The molecule has 1 amide bonds. The van der Waals surface area contributed by atoms with E-state index in [0.717, 1.165) is 18.2 Å². The van der Waals surface area contributed by atoms with Crippen LogP contribution in [0.3, 0.4) is 0 Å². The minimum Gasteiger partial charge on any atom is -0.404 e. The van der Waals surface area contributed by atoms with E-state index in [0.29, 0.717) is 5.69 Å². The number of rotatable bonds is 4. The third kappa shape index (κ3) is 4.35. The van der Waals surface area contributed by atoms with E-state index in [1.54, 1.807) is 0 Å². The van der Waals surface area contributed by atoms with Gasteiger partial charge < -0.3 is 15.4 Å². The van der Waals surface area contributed by atoms with Gasteiger partial charge in [-0.25, -0.2) is 4.39 Å². The van der Waals surface area contributed by atoms with Crippen molar-refractivity contribution in [2.45, 2.75) is 6.36 Å². The van der Waals surface area contributed by atoms with Gasteiger partial charge in [-0.2, -0.15) is 0 Å². The van der Waals surface area contributed by atoms with E-state index < -0.39 is 23.8 Å². The third-order valence-electron chi connectivity index (χ3n) is 2.86. The molecule has 122 valence electrons. The lowest BCUT2D eigenvalue weighted by Gasteiger charge is -2.15. The van der Waals surface area contributed by atoms with Gasteiger partial charge in [0, 0.05) is 12.7 Å². The van der Waals surface area contributed by atoms with Crippen LogP contribution >= 0.6 is 0 Å². The average molecular weight is 328 g/mol. The first-order valence-electron chi connectivity index (χ1n) is 6.43. The summed E-state index contributed by atoms with van der Waals surface area (Å²) in [7, 11) is 1.53. The molecule has 0 aliphatic carbocycles. The molecule has 4 nitrogen and oxygen atoms in total. The van der Waals surface area contributed by atoms with E-state index in [-0.39, 0.29) is 11.3 Å². The molecule has 0 radical (unpaired) electrons. The maximum atomic E-state index is 13.3. The molecule has 0 atom stereocenters. The van der Waals surface area contributed by atoms with Crippen LogP contribution in [0.1, 0.15) is 10.4 Å². The fourth-order valence-electron chi connectivity index (χ4n) is 1.90. The predicted molar refractivity (Wildman–Crippen MR) is 77.0 cm³/mol. The van der Waals surface area contributed by atoms with Crippen LogP contribution in [0.15, 0.2) is 42.5 Å². The van der Waals surface area contributed by atoms with Crippen LogP contribution in [-0.2, 0) is 0 Å². The molecule has 2 aromatic rings. The second kappa shape index (κ2) is 6.55. The lowest BCUT2D eigenvalue weighted by molar-refractivity contribution is -0.274. The number of hydrogen-bond donors (Lipinski definition) is 2. The van der Waals surface area contributed by atoms with Crippen LogP contribution in [0.2, 0.25) is 0 Å². The maximum Gasteiger partial charge on any atom is 0.573 e. The largest absolute Gasteiger partial charge is 0.573 e. The molecular formula is C15H12F4N2O2. The number of halogens is 4. The minimum absolute atomic E-state index is 0.0469. The topological polar surface area (TPSA) is 50.4 Å². The van der Waals surface area contributed by atoms with Gasteiger partial charge in [0.2, 0.25) is 0 Å². The monoisotopic (exact) mass is 328 g/mol. The highest BCUT2D eigenvalue weighted by molar-refractivity contribution is 6.08.